The van der Waals surface area contributed by atoms with Gasteiger partial charge in [0.1, 0.15) is 0 Å². The fourth-order valence-electron chi connectivity index (χ4n) is 1.07. The lowest BCUT2D eigenvalue weighted by molar-refractivity contribution is 0.158. The molecule has 0 spiro atoms. The first-order valence-corrected chi connectivity index (χ1v) is 6.39. The van der Waals surface area contributed by atoms with Crippen LogP contribution in [0, 0.1) is 0 Å². The topological polar surface area (TPSA) is 111 Å². The van der Waals surface area contributed by atoms with Gasteiger partial charge in [0.2, 0.25) is 0 Å². The molecule has 0 aromatic carbocycles. The summed E-state index contributed by atoms with van der Waals surface area (Å²) in [6.45, 7) is 5.37. The number of carbonyl (C=O) groups is 1. The van der Waals surface area contributed by atoms with Crippen LogP contribution >= 0.6 is 0 Å². The zero-order chi connectivity index (χ0) is 12.8. The number of nitrogens with one attached hydrogen (secondary N) is 2. The van der Waals surface area contributed by atoms with Crippen molar-refractivity contribution >= 4 is 16.3 Å². The summed E-state index contributed by atoms with van der Waals surface area (Å²) < 4.78 is 31.4. The van der Waals surface area contributed by atoms with Crippen LogP contribution in [-0.2, 0) is 14.9 Å². The van der Waals surface area contributed by atoms with E-state index in [0.29, 0.717) is 13.0 Å². The summed E-state index contributed by atoms with van der Waals surface area (Å²) in [7, 11) is -3.91. The van der Waals surface area contributed by atoms with E-state index in [1.807, 2.05) is 0 Å². The molecule has 0 heterocycles. The van der Waals surface area contributed by atoms with Gasteiger partial charge in [-0.1, -0.05) is 0 Å². The second kappa shape index (κ2) is 6.02. The molecule has 7 nitrogen and oxygen atoms in total. The van der Waals surface area contributed by atoms with Crippen molar-refractivity contribution in [3.05, 3.63) is 0 Å². The quantitative estimate of drug-likeness (QED) is 0.601. The monoisotopic (exact) mass is 253 g/mol. The van der Waals surface area contributed by atoms with E-state index in [1.165, 1.54) is 0 Å². The highest BCUT2D eigenvalue weighted by molar-refractivity contribution is 7.88. The van der Waals surface area contributed by atoms with E-state index < -0.39 is 21.8 Å². The third-order valence-corrected chi connectivity index (χ3v) is 2.93. The molecule has 0 radical (unpaired) electrons. The summed E-state index contributed by atoms with van der Waals surface area (Å²) in [5.74, 6) is 0. The van der Waals surface area contributed by atoms with Crippen LogP contribution in [-0.4, -0.2) is 33.2 Å². The van der Waals surface area contributed by atoms with Crippen molar-refractivity contribution in [1.82, 2.24) is 9.44 Å². The van der Waals surface area contributed by atoms with Crippen LogP contribution in [0.25, 0.3) is 0 Å². The molecule has 1 amide bonds. The Bertz CT molecular complexity index is 326. The standard InChI is InChI=1S/C8H19N3O4S/c1-4-15-7(12)10-16(13,14)11-8(2,3)5-6-9/h11H,4-6,9H2,1-3H3,(H,10,12). The number of rotatable bonds is 6. The minimum absolute atomic E-state index is 0.105. The number of hydrogen-bond donors (Lipinski definition) is 3. The molecule has 0 fully saturated rings. The molecule has 0 rings (SSSR count). The third kappa shape index (κ3) is 6.59. The van der Waals surface area contributed by atoms with E-state index in [2.05, 4.69) is 9.46 Å². The molecule has 0 aromatic rings. The first-order valence-electron chi connectivity index (χ1n) is 4.91. The number of ether oxygens (including phenoxy) is 1. The van der Waals surface area contributed by atoms with Gasteiger partial charge in [0.15, 0.2) is 0 Å². The number of hydrogen-bond acceptors (Lipinski definition) is 5. The number of amides is 1. The molecule has 16 heavy (non-hydrogen) atoms. The van der Waals surface area contributed by atoms with E-state index in [0.717, 1.165) is 0 Å². The average molecular weight is 253 g/mol. The average Bonchev–Trinajstić information content (AvgIpc) is 1.99. The smallest absolute Gasteiger partial charge is 0.421 e. The maximum absolute atomic E-state index is 11.4. The van der Waals surface area contributed by atoms with E-state index in [-0.39, 0.29) is 6.61 Å². The Morgan fingerprint density at radius 2 is 2.00 bits per heavy atom. The van der Waals surface area contributed by atoms with Crippen molar-refractivity contribution in [2.75, 3.05) is 13.2 Å². The van der Waals surface area contributed by atoms with Crippen molar-refractivity contribution < 1.29 is 17.9 Å². The van der Waals surface area contributed by atoms with Crippen molar-refractivity contribution in [2.24, 2.45) is 5.73 Å². The fourth-order valence-corrected chi connectivity index (χ4v) is 2.23. The fraction of sp³-hybridized carbons (Fsp3) is 0.875. The summed E-state index contributed by atoms with van der Waals surface area (Å²) >= 11 is 0. The molecule has 96 valence electrons. The highest BCUT2D eigenvalue weighted by atomic mass is 32.2. The Kier molecular flexibility index (Phi) is 5.70. The Morgan fingerprint density at radius 1 is 1.44 bits per heavy atom. The van der Waals surface area contributed by atoms with Crippen LogP contribution in [0.15, 0.2) is 0 Å². The second-order valence-corrected chi connectivity index (χ2v) is 5.27. The zero-order valence-corrected chi connectivity index (χ0v) is 10.6. The highest BCUT2D eigenvalue weighted by Crippen LogP contribution is 2.07. The van der Waals surface area contributed by atoms with Gasteiger partial charge in [-0.3, -0.25) is 0 Å². The molecule has 0 saturated carbocycles. The Morgan fingerprint density at radius 3 is 2.44 bits per heavy atom. The van der Waals surface area contributed by atoms with Gasteiger partial charge in [0.05, 0.1) is 6.61 Å². The molecule has 0 atom stereocenters. The zero-order valence-electron chi connectivity index (χ0n) is 9.74. The van der Waals surface area contributed by atoms with Gasteiger partial charge < -0.3 is 10.5 Å². The van der Waals surface area contributed by atoms with Crippen LogP contribution in [0.3, 0.4) is 0 Å². The first-order chi connectivity index (χ1) is 7.22. The summed E-state index contributed by atoms with van der Waals surface area (Å²) in [6.07, 6.45) is -0.546. The summed E-state index contributed by atoms with van der Waals surface area (Å²) in [6, 6.07) is 0. The Labute approximate surface area is 95.9 Å². The van der Waals surface area contributed by atoms with Gasteiger partial charge in [0, 0.05) is 5.54 Å². The minimum Gasteiger partial charge on any atom is -0.449 e. The van der Waals surface area contributed by atoms with E-state index >= 15 is 0 Å². The molecular formula is C8H19N3O4S. The van der Waals surface area contributed by atoms with Crippen LogP contribution in [0.1, 0.15) is 27.2 Å². The molecule has 8 heteroatoms. The van der Waals surface area contributed by atoms with Crippen molar-refractivity contribution in [2.45, 2.75) is 32.7 Å². The van der Waals surface area contributed by atoms with Crippen LogP contribution in [0.2, 0.25) is 0 Å². The van der Waals surface area contributed by atoms with Gasteiger partial charge in [-0.2, -0.15) is 13.1 Å². The van der Waals surface area contributed by atoms with Crippen molar-refractivity contribution in [1.29, 1.82) is 0 Å². The van der Waals surface area contributed by atoms with Crippen LogP contribution in [0.4, 0.5) is 4.79 Å². The molecule has 0 aliphatic heterocycles. The van der Waals surface area contributed by atoms with E-state index in [1.54, 1.807) is 25.5 Å². The molecule has 0 aromatic heterocycles. The van der Waals surface area contributed by atoms with Gasteiger partial charge in [0.25, 0.3) is 0 Å². The molecule has 0 unspecified atom stereocenters. The highest BCUT2D eigenvalue weighted by Gasteiger charge is 2.25. The Hall–Kier alpha value is -0.860. The van der Waals surface area contributed by atoms with E-state index in [4.69, 9.17) is 5.73 Å². The SMILES string of the molecule is CCOC(=O)NS(=O)(=O)NC(C)(C)CCN. The van der Waals surface area contributed by atoms with Gasteiger partial charge in [-0.25, -0.2) is 9.52 Å². The van der Waals surface area contributed by atoms with E-state index in [9.17, 15) is 13.2 Å². The molecule has 0 aliphatic carbocycles. The molecule has 4 N–H and O–H groups in total. The van der Waals surface area contributed by atoms with Gasteiger partial charge in [-0.15, -0.1) is 0 Å². The molecule has 0 aliphatic rings. The number of carbonyl (C=O) groups excluding carboxylic acids is 1. The lowest BCUT2D eigenvalue weighted by Crippen LogP contribution is -2.51. The maximum Gasteiger partial charge on any atom is 0.421 e. The van der Waals surface area contributed by atoms with Gasteiger partial charge >= 0.3 is 16.3 Å². The summed E-state index contributed by atoms with van der Waals surface area (Å²) in [5.41, 5.74) is 4.62. The summed E-state index contributed by atoms with van der Waals surface area (Å²) in [5, 5.41) is 0. The second-order valence-electron chi connectivity index (χ2n) is 3.85. The molecular weight excluding hydrogens is 234 g/mol. The van der Waals surface area contributed by atoms with Crippen LogP contribution < -0.4 is 15.2 Å². The normalized spacial score (nSPS) is 12.2. The van der Waals surface area contributed by atoms with Crippen molar-refractivity contribution in [3.8, 4) is 0 Å². The lowest BCUT2D eigenvalue weighted by atomic mass is 10.0. The lowest BCUT2D eigenvalue weighted by Gasteiger charge is -2.24. The predicted octanol–water partition coefficient (Wildman–Crippen LogP) is -0.306. The van der Waals surface area contributed by atoms with Crippen molar-refractivity contribution in [3.63, 3.8) is 0 Å². The summed E-state index contributed by atoms with van der Waals surface area (Å²) in [4.78, 5) is 10.9. The van der Waals surface area contributed by atoms with Gasteiger partial charge in [-0.05, 0) is 33.7 Å². The first kappa shape index (κ1) is 15.1. The third-order valence-electron chi connectivity index (χ3n) is 1.67. The van der Waals surface area contributed by atoms with Crippen LogP contribution in [0.5, 0.6) is 0 Å². The molecule has 0 saturated heterocycles. The largest absolute Gasteiger partial charge is 0.449 e. The molecule has 0 bridgehead atoms. The number of nitrogens with two attached hydrogens (primary N) is 1. The predicted molar refractivity (Wildman–Crippen MR) is 60.0 cm³/mol. The minimum atomic E-state index is -3.91. The Balaban J connectivity index is 4.41. The maximum atomic E-state index is 11.4.